The molecule has 1 saturated carbocycles. The zero-order valence-electron chi connectivity index (χ0n) is 12.5. The molecule has 1 unspecified atom stereocenters. The molecule has 1 aliphatic heterocycles. The lowest BCUT2D eigenvalue weighted by Crippen LogP contribution is -2.49. The van der Waals surface area contributed by atoms with E-state index in [1.807, 2.05) is 18.2 Å². The van der Waals surface area contributed by atoms with Crippen molar-refractivity contribution in [3.63, 3.8) is 0 Å². The van der Waals surface area contributed by atoms with Gasteiger partial charge in [-0.15, -0.1) is 0 Å². The molecule has 0 bridgehead atoms. The number of carboxylic acid groups (broad SMARTS) is 1. The Kier molecular flexibility index (Phi) is 4.16. The van der Waals surface area contributed by atoms with Gasteiger partial charge in [0.2, 0.25) is 5.91 Å². The van der Waals surface area contributed by atoms with E-state index < -0.39 is 5.97 Å². The van der Waals surface area contributed by atoms with Gasteiger partial charge in [-0.3, -0.25) is 9.59 Å². The Balaban J connectivity index is 1.64. The number of benzene rings is 1. The number of morpholine rings is 1. The van der Waals surface area contributed by atoms with Gasteiger partial charge < -0.3 is 14.7 Å². The van der Waals surface area contributed by atoms with Gasteiger partial charge in [0.1, 0.15) is 0 Å². The maximum Gasteiger partial charge on any atom is 0.306 e. The zero-order chi connectivity index (χ0) is 15.6. The van der Waals surface area contributed by atoms with Gasteiger partial charge in [0, 0.05) is 13.1 Å². The number of carbonyl (C=O) groups excluding carboxylic acids is 1. The van der Waals surface area contributed by atoms with Crippen molar-refractivity contribution in [2.75, 3.05) is 19.7 Å². The summed E-state index contributed by atoms with van der Waals surface area (Å²) in [5.74, 6) is -0.722. The fourth-order valence-electron chi connectivity index (χ4n) is 3.16. The van der Waals surface area contributed by atoms with Crippen molar-refractivity contribution >= 4 is 11.9 Å². The Hall–Kier alpha value is -1.88. The minimum Gasteiger partial charge on any atom is -0.481 e. The highest BCUT2D eigenvalue weighted by Gasteiger charge is 2.51. The van der Waals surface area contributed by atoms with Crippen LogP contribution in [0.15, 0.2) is 30.3 Å². The van der Waals surface area contributed by atoms with Crippen molar-refractivity contribution in [1.82, 2.24) is 4.90 Å². The molecule has 2 fully saturated rings. The van der Waals surface area contributed by atoms with Crippen molar-refractivity contribution in [3.8, 4) is 0 Å². The molecule has 1 saturated heterocycles. The lowest BCUT2D eigenvalue weighted by Gasteiger charge is -2.34. The first kappa shape index (κ1) is 15.0. The number of nitrogens with zero attached hydrogens (tertiary/aromatic N) is 1. The summed E-state index contributed by atoms with van der Waals surface area (Å²) >= 11 is 0. The first-order valence-corrected chi connectivity index (χ1v) is 7.76. The van der Waals surface area contributed by atoms with Crippen LogP contribution in [0.4, 0.5) is 0 Å². The highest BCUT2D eigenvalue weighted by Crippen LogP contribution is 2.50. The van der Waals surface area contributed by atoms with Crippen LogP contribution in [0.5, 0.6) is 0 Å². The van der Waals surface area contributed by atoms with E-state index in [0.717, 1.165) is 19.3 Å². The highest BCUT2D eigenvalue weighted by molar-refractivity contribution is 5.86. The Morgan fingerprint density at radius 2 is 2.00 bits per heavy atom. The molecule has 1 heterocycles. The van der Waals surface area contributed by atoms with E-state index in [1.54, 1.807) is 4.90 Å². The SMILES string of the molecule is O=C(O)CC1CN(C(=O)C2(Cc3ccccc3)CC2)CCO1. The molecule has 0 spiro atoms. The fraction of sp³-hybridized carbons (Fsp3) is 0.529. The number of rotatable bonds is 5. The molecule has 0 radical (unpaired) electrons. The number of hydrogen-bond acceptors (Lipinski definition) is 3. The average molecular weight is 303 g/mol. The van der Waals surface area contributed by atoms with Crippen LogP contribution in [-0.2, 0) is 20.7 Å². The standard InChI is InChI=1S/C17H21NO4/c19-15(20)10-14-12-18(8-9-22-14)16(21)17(6-7-17)11-13-4-2-1-3-5-13/h1-5,14H,6-12H2,(H,19,20). The molecule has 1 aromatic carbocycles. The number of aliphatic carboxylic acids is 1. The third-order valence-electron chi connectivity index (χ3n) is 4.52. The number of carbonyl (C=O) groups is 2. The third-order valence-corrected chi connectivity index (χ3v) is 4.52. The van der Waals surface area contributed by atoms with Crippen molar-refractivity contribution in [3.05, 3.63) is 35.9 Å². The number of ether oxygens (including phenoxy) is 1. The van der Waals surface area contributed by atoms with Gasteiger partial charge in [-0.1, -0.05) is 30.3 Å². The highest BCUT2D eigenvalue weighted by atomic mass is 16.5. The van der Waals surface area contributed by atoms with Gasteiger partial charge in [0.15, 0.2) is 0 Å². The summed E-state index contributed by atoms with van der Waals surface area (Å²) in [6.45, 7) is 1.37. The number of hydrogen-bond donors (Lipinski definition) is 1. The van der Waals surface area contributed by atoms with E-state index in [0.29, 0.717) is 19.7 Å². The van der Waals surface area contributed by atoms with E-state index >= 15 is 0 Å². The molecule has 1 aliphatic carbocycles. The first-order valence-electron chi connectivity index (χ1n) is 7.76. The molecule has 5 heteroatoms. The van der Waals surface area contributed by atoms with Crippen LogP contribution in [0.3, 0.4) is 0 Å². The summed E-state index contributed by atoms with van der Waals surface area (Å²) in [6.07, 6.45) is 2.18. The largest absolute Gasteiger partial charge is 0.481 e. The predicted molar refractivity (Wildman–Crippen MR) is 80.4 cm³/mol. The first-order chi connectivity index (χ1) is 10.6. The van der Waals surface area contributed by atoms with Crippen molar-refractivity contribution in [2.45, 2.75) is 31.8 Å². The molecule has 22 heavy (non-hydrogen) atoms. The topological polar surface area (TPSA) is 66.8 Å². The molecule has 118 valence electrons. The molecule has 2 aliphatic rings. The molecular formula is C17H21NO4. The van der Waals surface area contributed by atoms with E-state index in [1.165, 1.54) is 5.56 Å². The minimum atomic E-state index is -0.885. The molecule has 1 aromatic rings. The molecule has 1 atom stereocenters. The number of carboxylic acids is 1. The molecule has 3 rings (SSSR count). The van der Waals surface area contributed by atoms with Crippen LogP contribution >= 0.6 is 0 Å². The zero-order valence-corrected chi connectivity index (χ0v) is 12.5. The summed E-state index contributed by atoms with van der Waals surface area (Å²) < 4.78 is 5.45. The van der Waals surface area contributed by atoms with Crippen LogP contribution in [0.2, 0.25) is 0 Å². The van der Waals surface area contributed by atoms with Gasteiger partial charge in [-0.2, -0.15) is 0 Å². The van der Waals surface area contributed by atoms with E-state index in [2.05, 4.69) is 12.1 Å². The lowest BCUT2D eigenvalue weighted by atomic mass is 9.94. The second-order valence-corrected chi connectivity index (χ2v) is 6.28. The predicted octanol–water partition coefficient (Wildman–Crippen LogP) is 1.71. The molecular weight excluding hydrogens is 282 g/mol. The van der Waals surface area contributed by atoms with E-state index in [4.69, 9.17) is 9.84 Å². The van der Waals surface area contributed by atoms with Crippen LogP contribution in [0.1, 0.15) is 24.8 Å². The summed E-state index contributed by atoms with van der Waals surface area (Å²) in [6, 6.07) is 10.1. The second kappa shape index (κ2) is 6.08. The molecule has 1 N–H and O–H groups in total. The molecule has 1 amide bonds. The Labute approximate surface area is 129 Å². The quantitative estimate of drug-likeness (QED) is 0.899. The Morgan fingerprint density at radius 3 is 2.64 bits per heavy atom. The van der Waals surface area contributed by atoms with Gasteiger partial charge >= 0.3 is 5.97 Å². The van der Waals surface area contributed by atoms with Gasteiger partial charge in [0.25, 0.3) is 0 Å². The van der Waals surface area contributed by atoms with Crippen LogP contribution in [0.25, 0.3) is 0 Å². The van der Waals surface area contributed by atoms with Crippen molar-refractivity contribution in [1.29, 1.82) is 0 Å². The summed E-state index contributed by atoms with van der Waals surface area (Å²) in [4.78, 5) is 25.5. The molecule has 0 aromatic heterocycles. The maximum absolute atomic E-state index is 12.8. The maximum atomic E-state index is 12.8. The normalized spacial score (nSPS) is 23.1. The van der Waals surface area contributed by atoms with Crippen LogP contribution in [0, 0.1) is 5.41 Å². The Bertz CT molecular complexity index is 553. The van der Waals surface area contributed by atoms with Gasteiger partial charge in [0.05, 0.1) is 24.5 Å². The van der Waals surface area contributed by atoms with Crippen LogP contribution in [-0.4, -0.2) is 47.7 Å². The summed E-state index contributed by atoms with van der Waals surface area (Å²) in [5.41, 5.74) is 0.913. The van der Waals surface area contributed by atoms with E-state index in [9.17, 15) is 9.59 Å². The fourth-order valence-corrected chi connectivity index (χ4v) is 3.16. The van der Waals surface area contributed by atoms with Gasteiger partial charge in [-0.25, -0.2) is 0 Å². The van der Waals surface area contributed by atoms with Crippen molar-refractivity contribution < 1.29 is 19.4 Å². The molecule has 5 nitrogen and oxygen atoms in total. The number of amides is 1. The van der Waals surface area contributed by atoms with Gasteiger partial charge in [-0.05, 0) is 24.8 Å². The summed E-state index contributed by atoms with van der Waals surface area (Å²) in [5, 5.41) is 8.87. The smallest absolute Gasteiger partial charge is 0.306 e. The Morgan fingerprint density at radius 1 is 1.27 bits per heavy atom. The second-order valence-electron chi connectivity index (χ2n) is 6.28. The van der Waals surface area contributed by atoms with E-state index in [-0.39, 0.29) is 23.8 Å². The summed E-state index contributed by atoms with van der Waals surface area (Å²) in [7, 11) is 0. The van der Waals surface area contributed by atoms with Crippen LogP contribution < -0.4 is 0 Å². The monoisotopic (exact) mass is 303 g/mol. The minimum absolute atomic E-state index is 0.0462. The lowest BCUT2D eigenvalue weighted by molar-refractivity contribution is -0.150. The average Bonchev–Trinajstić information content (AvgIpc) is 3.28. The third kappa shape index (κ3) is 3.30. The van der Waals surface area contributed by atoms with Crippen molar-refractivity contribution in [2.24, 2.45) is 5.41 Å².